The summed E-state index contributed by atoms with van der Waals surface area (Å²) in [6.45, 7) is -6.25. The van der Waals surface area contributed by atoms with Crippen LogP contribution in [0.1, 0.15) is 0 Å². The van der Waals surface area contributed by atoms with Crippen LogP contribution in [0.4, 0.5) is 0 Å². The summed E-state index contributed by atoms with van der Waals surface area (Å²) in [5.74, 6) is -4.12. The van der Waals surface area contributed by atoms with Crippen molar-refractivity contribution in [3.8, 4) is 0 Å². The molecule has 2 aliphatic heterocycles. The van der Waals surface area contributed by atoms with E-state index in [9.17, 15) is 94.7 Å². The van der Waals surface area contributed by atoms with Crippen molar-refractivity contribution in [1.82, 2.24) is 0 Å². The first kappa shape index (κ1) is 53.7. The zero-order valence-corrected chi connectivity index (χ0v) is 35.6. The molecule has 35 nitrogen and oxygen atoms in total. The minimum absolute atomic E-state index is 0. The molecular formula is C12H22BiO35S8+3. The van der Waals surface area contributed by atoms with Crippen molar-refractivity contribution in [3.63, 3.8) is 0 Å². The Labute approximate surface area is 333 Å². The molecule has 2 fully saturated rings. The number of hydrogen-bond acceptors (Lipinski definition) is 27. The zero-order chi connectivity index (χ0) is 43.0. The first-order valence-corrected chi connectivity index (χ1v) is 23.2. The third-order valence-corrected chi connectivity index (χ3v) is 9.28. The van der Waals surface area contributed by atoms with Crippen molar-refractivity contribution in [2.24, 2.45) is 0 Å². The Balaban J connectivity index is 0.0000157. The van der Waals surface area contributed by atoms with Crippen LogP contribution in [0.2, 0.25) is 0 Å². The van der Waals surface area contributed by atoms with Crippen LogP contribution in [0.3, 0.4) is 0 Å². The van der Waals surface area contributed by atoms with Crippen LogP contribution < -0.4 is 0 Å². The molecule has 0 saturated carbocycles. The summed E-state index contributed by atoms with van der Waals surface area (Å²) >= 11 is 0. The predicted octanol–water partition coefficient (Wildman–Crippen LogP) is -7.16. The summed E-state index contributed by atoms with van der Waals surface area (Å²) in [5, 5.41) is 0. The van der Waals surface area contributed by atoms with E-state index in [-0.39, 0.29) is 26.2 Å². The second kappa shape index (κ2) is 18.8. The Kier molecular flexibility index (Phi) is 18.0. The fourth-order valence-corrected chi connectivity index (χ4v) is 7.68. The van der Waals surface area contributed by atoms with Crippen molar-refractivity contribution >= 4 is 109 Å². The Hall–Kier alpha value is -0.277. The molecule has 0 aromatic carbocycles. The van der Waals surface area contributed by atoms with Gasteiger partial charge in [-0.2, -0.15) is 67.3 Å². The van der Waals surface area contributed by atoms with E-state index in [4.69, 9.17) is 23.3 Å². The molecular weight excluding hydrogens is 1170 g/mol. The summed E-state index contributed by atoms with van der Waals surface area (Å²) in [7, 11) is -48.3. The van der Waals surface area contributed by atoms with Gasteiger partial charge in [0, 0.05) is 0 Å². The first-order valence-electron chi connectivity index (χ1n) is 12.3. The van der Waals surface area contributed by atoms with E-state index < -0.39 is 158 Å². The van der Waals surface area contributed by atoms with Crippen molar-refractivity contribution in [2.45, 2.75) is 54.8 Å². The molecule has 2 saturated heterocycles. The molecule has 0 spiro atoms. The molecule has 9 atom stereocenters. The van der Waals surface area contributed by atoms with Gasteiger partial charge in [0.15, 0.2) is 18.5 Å². The number of ether oxygens (including phenoxy) is 3. The maximum absolute atomic E-state index is 11.9. The van der Waals surface area contributed by atoms with Crippen LogP contribution in [0.15, 0.2) is 0 Å². The van der Waals surface area contributed by atoms with E-state index in [2.05, 4.69) is 33.5 Å². The van der Waals surface area contributed by atoms with Gasteiger partial charge in [-0.05, 0) is 0 Å². The molecule has 0 aromatic rings. The maximum Gasteiger partial charge on any atom is 3.00 e. The maximum atomic E-state index is 11.9. The van der Waals surface area contributed by atoms with Gasteiger partial charge in [-0.3, -0.25) is 36.4 Å². The van der Waals surface area contributed by atoms with E-state index in [1.807, 2.05) is 0 Å². The molecule has 2 radical (unpaired) electrons. The SMILES string of the molecule is O=S(=O)(O)OC[C@H]1O[C@@](COS(=O)(=O)O)(O[C@H]2O[C@H](COS(=O)(=O)O)[C@@H](OS(=O)(=O)O)[C@H](OS(=O)(=O)O)[C@H]2OS(=O)(=O)O)[C@@H](OS(=O)(=O)O)[C@@H]1OS(=O)(=O)O.[Bi+3]. The molecule has 0 unspecified atom stereocenters. The van der Waals surface area contributed by atoms with Gasteiger partial charge in [-0.25, -0.2) is 33.5 Å². The van der Waals surface area contributed by atoms with Gasteiger partial charge < -0.3 is 14.2 Å². The van der Waals surface area contributed by atoms with Crippen molar-refractivity contribution in [2.75, 3.05) is 19.8 Å². The monoisotopic (exact) mass is 1190 g/mol. The molecule has 0 bridgehead atoms. The van der Waals surface area contributed by atoms with Crippen LogP contribution >= 0.6 is 0 Å². The second-order valence-electron chi connectivity index (χ2n) is 9.64. The van der Waals surface area contributed by atoms with Crippen LogP contribution in [0.5, 0.6) is 0 Å². The van der Waals surface area contributed by atoms with E-state index >= 15 is 0 Å². The molecule has 2 rings (SSSR count). The molecule has 330 valence electrons. The fraction of sp³-hybridized carbons (Fsp3) is 1.00. The Morgan fingerprint density at radius 3 is 1.18 bits per heavy atom. The van der Waals surface area contributed by atoms with Crippen LogP contribution in [-0.2, 0) is 131 Å². The topological polar surface area (TPSA) is 536 Å². The van der Waals surface area contributed by atoms with Gasteiger partial charge in [0.1, 0.15) is 37.1 Å². The molecule has 2 aliphatic rings. The Bertz CT molecular complexity index is 2280. The summed E-state index contributed by atoms with van der Waals surface area (Å²) in [6, 6.07) is 0. The molecule has 0 aliphatic carbocycles. The Morgan fingerprint density at radius 2 is 0.786 bits per heavy atom. The first-order chi connectivity index (χ1) is 24.2. The molecule has 0 aromatic heterocycles. The van der Waals surface area contributed by atoms with Gasteiger partial charge in [0.2, 0.25) is 5.79 Å². The smallest absolute Gasteiger partial charge is 0.341 e. The van der Waals surface area contributed by atoms with Gasteiger partial charge in [-0.15, -0.1) is 0 Å². The Morgan fingerprint density at radius 1 is 0.429 bits per heavy atom. The van der Waals surface area contributed by atoms with E-state index in [0.29, 0.717) is 0 Å². The van der Waals surface area contributed by atoms with Gasteiger partial charge in [0.25, 0.3) is 0 Å². The fourth-order valence-electron chi connectivity index (χ4n) is 4.24. The summed E-state index contributed by atoms with van der Waals surface area (Å²) < 4.78 is 307. The molecule has 0 amide bonds. The molecule has 8 N–H and O–H groups in total. The second-order valence-corrected chi connectivity index (χ2v) is 18.2. The minimum atomic E-state index is -6.24. The summed E-state index contributed by atoms with van der Waals surface area (Å²) in [6.07, 6.45) is -26.0. The molecule has 44 heteroatoms. The largest absolute Gasteiger partial charge is 3.00 e. The van der Waals surface area contributed by atoms with Gasteiger partial charge in [0.05, 0.1) is 13.2 Å². The van der Waals surface area contributed by atoms with E-state index in [1.165, 1.54) is 0 Å². The van der Waals surface area contributed by atoms with Crippen molar-refractivity contribution in [1.29, 1.82) is 0 Å². The number of rotatable bonds is 21. The quantitative estimate of drug-likeness (QED) is 0.0391. The summed E-state index contributed by atoms with van der Waals surface area (Å²) in [5.41, 5.74) is 0. The van der Waals surface area contributed by atoms with E-state index in [0.717, 1.165) is 0 Å². The third-order valence-electron chi connectivity index (χ3n) is 5.68. The predicted molar refractivity (Wildman–Crippen MR) is 158 cm³/mol. The van der Waals surface area contributed by atoms with Crippen LogP contribution in [0, 0.1) is 0 Å². The zero-order valence-electron chi connectivity index (χ0n) is 25.6. The van der Waals surface area contributed by atoms with Crippen molar-refractivity contribution in [3.05, 3.63) is 0 Å². The standard InChI is InChI=1S/C12H22O35S8.Bi/c13-48(14,15)37-1-4-6(43-51(22,23)24)8(45-53(28,29)30)9(46-54(31,32)33)11(40-4)42-12(3-39-50(19,20)21)10(47-55(34,35)36)7(44-52(25,26)27)5(41-12)2-38-49(16,17)18;/h4-11H,1-3H2,(H,13,14,15)(H,16,17,18)(H,19,20,21)(H,22,23,24)(H,25,26,27)(H,28,29,30)(H,31,32,33)(H,34,35,36);/q;+3/t4-,5-,6-,7-,8+,9-,10+,11-,12+;/m1./s1. The molecule has 2 heterocycles. The number of hydrogen-bond donors (Lipinski definition) is 8. The van der Waals surface area contributed by atoms with Gasteiger partial charge in [-0.1, -0.05) is 0 Å². The minimum Gasteiger partial charge on any atom is -0.341 e. The third kappa shape index (κ3) is 19.4. The van der Waals surface area contributed by atoms with E-state index in [1.54, 1.807) is 0 Å². The van der Waals surface area contributed by atoms with Gasteiger partial charge >= 0.3 is 109 Å². The van der Waals surface area contributed by atoms with Crippen molar-refractivity contribution < 1.29 is 151 Å². The average Bonchev–Trinajstić information content (AvgIpc) is 3.15. The average molecular weight is 1190 g/mol. The van der Waals surface area contributed by atoms with Crippen LogP contribution in [0.25, 0.3) is 0 Å². The summed E-state index contributed by atoms with van der Waals surface area (Å²) in [4.78, 5) is 0. The van der Waals surface area contributed by atoms with Crippen LogP contribution in [-0.4, -0.2) is 205 Å². The normalized spacial score (nSPS) is 30.1. The molecule has 56 heavy (non-hydrogen) atoms.